The first kappa shape index (κ1) is 13.6. The number of carboxylic acid groups (broad SMARTS) is 1. The standard InChI is InChI=1S/C10H11FO5S/c1-16-6-9(10(12)13)17(14,15)8-5-3-2-4-7(8)11/h2-5,9H,6H2,1H3,(H,12,13). The maximum absolute atomic E-state index is 13.3. The molecule has 5 nitrogen and oxygen atoms in total. The lowest BCUT2D eigenvalue weighted by atomic mass is 10.3. The molecule has 0 heterocycles. The molecular weight excluding hydrogens is 251 g/mol. The number of hydrogen-bond donors (Lipinski definition) is 1. The number of halogens is 1. The largest absolute Gasteiger partial charge is 0.480 e. The van der Waals surface area contributed by atoms with Crippen LogP contribution in [0.3, 0.4) is 0 Å². The van der Waals surface area contributed by atoms with Gasteiger partial charge in [0.2, 0.25) is 0 Å². The fraction of sp³-hybridized carbons (Fsp3) is 0.300. The van der Waals surface area contributed by atoms with Gasteiger partial charge in [-0.15, -0.1) is 0 Å². The number of rotatable bonds is 5. The Morgan fingerprint density at radius 1 is 1.47 bits per heavy atom. The van der Waals surface area contributed by atoms with Gasteiger partial charge < -0.3 is 9.84 Å². The Labute approximate surface area is 97.8 Å². The normalized spacial score (nSPS) is 13.3. The summed E-state index contributed by atoms with van der Waals surface area (Å²) in [6.45, 7) is -0.536. The molecule has 0 amide bonds. The zero-order valence-electron chi connectivity index (χ0n) is 8.96. The summed E-state index contributed by atoms with van der Waals surface area (Å²) in [6.07, 6.45) is 0. The van der Waals surface area contributed by atoms with Gasteiger partial charge in [-0.1, -0.05) is 12.1 Å². The first-order chi connectivity index (χ1) is 7.91. The number of hydrogen-bond acceptors (Lipinski definition) is 4. The highest BCUT2D eigenvalue weighted by Crippen LogP contribution is 2.19. The number of sulfone groups is 1. The van der Waals surface area contributed by atoms with Crippen LogP contribution in [0.15, 0.2) is 29.2 Å². The van der Waals surface area contributed by atoms with Crippen LogP contribution in [0.2, 0.25) is 0 Å². The van der Waals surface area contributed by atoms with E-state index in [1.807, 2.05) is 0 Å². The van der Waals surface area contributed by atoms with Gasteiger partial charge in [0.1, 0.15) is 10.7 Å². The summed E-state index contributed by atoms with van der Waals surface area (Å²) in [5, 5.41) is 7.00. The van der Waals surface area contributed by atoms with Gasteiger partial charge in [0, 0.05) is 7.11 Å². The van der Waals surface area contributed by atoms with Crippen molar-refractivity contribution >= 4 is 15.8 Å². The third-order valence-corrected chi connectivity index (χ3v) is 4.14. The minimum Gasteiger partial charge on any atom is -0.480 e. The average Bonchev–Trinajstić information content (AvgIpc) is 2.25. The topological polar surface area (TPSA) is 80.7 Å². The number of carbonyl (C=O) groups is 1. The van der Waals surface area contributed by atoms with Crippen LogP contribution in [0.25, 0.3) is 0 Å². The molecule has 94 valence electrons. The van der Waals surface area contributed by atoms with E-state index in [2.05, 4.69) is 4.74 Å². The second-order valence-corrected chi connectivity index (χ2v) is 5.36. The molecule has 0 fully saturated rings. The van der Waals surface area contributed by atoms with Gasteiger partial charge in [0.05, 0.1) is 6.61 Å². The quantitative estimate of drug-likeness (QED) is 0.844. The van der Waals surface area contributed by atoms with Crippen LogP contribution in [0.1, 0.15) is 0 Å². The molecule has 0 spiro atoms. The van der Waals surface area contributed by atoms with Crippen LogP contribution < -0.4 is 0 Å². The van der Waals surface area contributed by atoms with Crippen LogP contribution in [0.5, 0.6) is 0 Å². The predicted molar refractivity (Wildman–Crippen MR) is 56.9 cm³/mol. The number of benzene rings is 1. The van der Waals surface area contributed by atoms with Gasteiger partial charge in [-0.3, -0.25) is 4.79 Å². The van der Waals surface area contributed by atoms with Gasteiger partial charge in [-0.2, -0.15) is 0 Å². The van der Waals surface area contributed by atoms with Crippen molar-refractivity contribution in [3.63, 3.8) is 0 Å². The molecule has 0 saturated carbocycles. The SMILES string of the molecule is COCC(C(=O)O)S(=O)(=O)c1ccccc1F. The van der Waals surface area contributed by atoms with Crippen molar-refractivity contribution in [3.8, 4) is 0 Å². The molecule has 1 N–H and O–H groups in total. The molecule has 0 aromatic heterocycles. The zero-order chi connectivity index (χ0) is 13.1. The second kappa shape index (κ2) is 5.24. The molecule has 0 aliphatic heterocycles. The molecule has 1 rings (SSSR count). The van der Waals surface area contributed by atoms with Crippen molar-refractivity contribution in [1.29, 1.82) is 0 Å². The molecule has 1 atom stereocenters. The molecule has 7 heteroatoms. The van der Waals surface area contributed by atoms with Gasteiger partial charge in [0.15, 0.2) is 15.1 Å². The lowest BCUT2D eigenvalue weighted by Crippen LogP contribution is -2.34. The van der Waals surface area contributed by atoms with Crippen molar-refractivity contribution in [3.05, 3.63) is 30.1 Å². The number of methoxy groups -OCH3 is 1. The van der Waals surface area contributed by atoms with E-state index in [9.17, 15) is 17.6 Å². The van der Waals surface area contributed by atoms with Crippen LogP contribution in [0.4, 0.5) is 4.39 Å². The Morgan fingerprint density at radius 3 is 2.53 bits per heavy atom. The van der Waals surface area contributed by atoms with Crippen LogP contribution >= 0.6 is 0 Å². The fourth-order valence-electron chi connectivity index (χ4n) is 1.27. The van der Waals surface area contributed by atoms with Gasteiger partial charge >= 0.3 is 5.97 Å². The molecular formula is C10H11FO5S. The summed E-state index contributed by atoms with van der Waals surface area (Å²) < 4.78 is 41.6. The summed E-state index contributed by atoms with van der Waals surface area (Å²) in [4.78, 5) is 10.2. The third-order valence-electron chi connectivity index (χ3n) is 2.11. The Morgan fingerprint density at radius 2 is 2.06 bits per heavy atom. The first-order valence-corrected chi connectivity index (χ1v) is 6.16. The molecule has 1 aromatic rings. The lowest BCUT2D eigenvalue weighted by Gasteiger charge is -2.12. The molecule has 1 unspecified atom stereocenters. The van der Waals surface area contributed by atoms with E-state index in [1.54, 1.807) is 0 Å². The molecule has 0 bridgehead atoms. The molecule has 0 saturated heterocycles. The summed E-state index contributed by atoms with van der Waals surface area (Å²) in [7, 11) is -3.12. The van der Waals surface area contributed by atoms with Crippen LogP contribution in [-0.2, 0) is 19.4 Å². The Balaban J connectivity index is 3.27. The molecule has 1 aromatic carbocycles. The van der Waals surface area contributed by atoms with E-state index >= 15 is 0 Å². The van der Waals surface area contributed by atoms with E-state index < -0.39 is 38.4 Å². The van der Waals surface area contributed by atoms with E-state index in [0.29, 0.717) is 0 Å². The Bertz CT molecular complexity index is 511. The van der Waals surface area contributed by atoms with Crippen molar-refractivity contribution in [2.45, 2.75) is 10.1 Å². The monoisotopic (exact) mass is 262 g/mol. The fourth-order valence-corrected chi connectivity index (χ4v) is 2.77. The minimum absolute atomic E-state index is 0.536. The van der Waals surface area contributed by atoms with Gasteiger partial charge in [-0.05, 0) is 12.1 Å². The van der Waals surface area contributed by atoms with E-state index in [0.717, 1.165) is 12.1 Å². The lowest BCUT2D eigenvalue weighted by molar-refractivity contribution is -0.137. The van der Waals surface area contributed by atoms with Crippen molar-refractivity contribution in [2.24, 2.45) is 0 Å². The second-order valence-electron chi connectivity index (χ2n) is 3.26. The average molecular weight is 262 g/mol. The highest BCUT2D eigenvalue weighted by atomic mass is 32.2. The summed E-state index contributed by atoms with van der Waals surface area (Å²) >= 11 is 0. The van der Waals surface area contributed by atoms with Crippen molar-refractivity contribution < 1.29 is 27.4 Å². The van der Waals surface area contributed by atoms with Crippen LogP contribution in [0, 0.1) is 5.82 Å². The smallest absolute Gasteiger partial charge is 0.324 e. The predicted octanol–water partition coefficient (Wildman–Crippen LogP) is 0.699. The first-order valence-electron chi connectivity index (χ1n) is 4.61. The molecule has 17 heavy (non-hydrogen) atoms. The number of carboxylic acids is 1. The van der Waals surface area contributed by atoms with Crippen LogP contribution in [-0.4, -0.2) is 38.5 Å². The Hall–Kier alpha value is -1.47. The molecule has 0 aliphatic carbocycles. The zero-order valence-corrected chi connectivity index (χ0v) is 9.78. The van der Waals surface area contributed by atoms with E-state index in [-0.39, 0.29) is 0 Å². The maximum Gasteiger partial charge on any atom is 0.324 e. The molecule has 0 radical (unpaired) electrons. The summed E-state index contributed by atoms with van der Waals surface area (Å²) in [6, 6.07) is 4.62. The number of aliphatic carboxylic acids is 1. The highest BCUT2D eigenvalue weighted by molar-refractivity contribution is 7.92. The van der Waals surface area contributed by atoms with Gasteiger partial charge in [-0.25, -0.2) is 12.8 Å². The third kappa shape index (κ3) is 2.80. The molecule has 0 aliphatic rings. The van der Waals surface area contributed by atoms with E-state index in [1.165, 1.54) is 19.2 Å². The number of ether oxygens (including phenoxy) is 1. The maximum atomic E-state index is 13.3. The van der Waals surface area contributed by atoms with E-state index in [4.69, 9.17) is 5.11 Å². The highest BCUT2D eigenvalue weighted by Gasteiger charge is 2.35. The Kier molecular flexibility index (Phi) is 4.19. The van der Waals surface area contributed by atoms with Crippen molar-refractivity contribution in [1.82, 2.24) is 0 Å². The summed E-state index contributed by atoms with van der Waals surface area (Å²) in [5.41, 5.74) is 0. The minimum atomic E-state index is -4.29. The summed E-state index contributed by atoms with van der Waals surface area (Å²) in [5.74, 6) is -2.55. The van der Waals surface area contributed by atoms with Crippen molar-refractivity contribution in [2.75, 3.05) is 13.7 Å². The van der Waals surface area contributed by atoms with Gasteiger partial charge in [0.25, 0.3) is 0 Å².